The Bertz CT molecular complexity index is 284. The molecule has 2 heterocycles. The minimum absolute atomic E-state index is 0. The summed E-state index contributed by atoms with van der Waals surface area (Å²) in [5.74, 6) is 0. The Labute approximate surface area is 107 Å². The van der Waals surface area contributed by atoms with E-state index in [9.17, 15) is 0 Å². The third-order valence-corrected chi connectivity index (χ3v) is 13.3. The normalized spacial score (nSPS) is 9.54. The van der Waals surface area contributed by atoms with Crippen LogP contribution in [0.3, 0.4) is 0 Å². The van der Waals surface area contributed by atoms with Crippen LogP contribution in [0.15, 0.2) is 35.0 Å². The SMILES string of the molecule is [Cu].c1csc([Se][Se]c2cccs2)c1. The summed E-state index contributed by atoms with van der Waals surface area (Å²) in [6, 6.07) is 8.79. The quantitative estimate of drug-likeness (QED) is 0.692. The second kappa shape index (κ2) is 6.44. The average Bonchev–Trinajstić information content (AvgIpc) is 2.74. The van der Waals surface area contributed by atoms with Crippen molar-refractivity contribution < 1.29 is 17.1 Å². The van der Waals surface area contributed by atoms with Crippen molar-refractivity contribution in [2.45, 2.75) is 0 Å². The fourth-order valence-electron chi connectivity index (χ4n) is 0.704. The number of hydrogen-bond donors (Lipinski definition) is 0. The Balaban J connectivity index is 0.000000845. The van der Waals surface area contributed by atoms with Crippen LogP contribution in [0.4, 0.5) is 0 Å². The van der Waals surface area contributed by atoms with Crippen LogP contribution in [0.2, 0.25) is 0 Å². The van der Waals surface area contributed by atoms with E-state index in [2.05, 4.69) is 35.0 Å². The van der Waals surface area contributed by atoms with Crippen LogP contribution in [0.1, 0.15) is 0 Å². The molecule has 5 heteroatoms. The number of thiophene rings is 2. The molecular weight excluding hydrogens is 382 g/mol. The molecule has 0 saturated carbocycles. The van der Waals surface area contributed by atoms with Gasteiger partial charge >= 0.3 is 91.5 Å². The summed E-state index contributed by atoms with van der Waals surface area (Å²) in [4.78, 5) is 0. The van der Waals surface area contributed by atoms with Gasteiger partial charge in [0, 0.05) is 17.1 Å². The molecule has 0 aliphatic rings. The minimum atomic E-state index is 0. The first kappa shape index (κ1) is 12.0. The first-order valence-electron chi connectivity index (χ1n) is 3.37. The third-order valence-electron chi connectivity index (χ3n) is 1.20. The van der Waals surface area contributed by atoms with Gasteiger partial charge in [-0.25, -0.2) is 0 Å². The fraction of sp³-hybridized carbons (Fsp3) is 0. The van der Waals surface area contributed by atoms with Gasteiger partial charge < -0.3 is 0 Å². The first-order valence-corrected chi connectivity index (χ1v) is 11.2. The van der Waals surface area contributed by atoms with Gasteiger partial charge in [-0.1, -0.05) is 0 Å². The molecule has 0 spiro atoms. The van der Waals surface area contributed by atoms with Gasteiger partial charge in [0.15, 0.2) is 0 Å². The molecule has 0 aromatic carbocycles. The van der Waals surface area contributed by atoms with Crippen molar-refractivity contribution in [1.29, 1.82) is 0 Å². The molecule has 2 rings (SSSR count). The van der Waals surface area contributed by atoms with Gasteiger partial charge in [0.25, 0.3) is 0 Å². The molecule has 0 aliphatic heterocycles. The molecular formula is C8H6CuS2Se2. The van der Waals surface area contributed by atoms with E-state index in [1.807, 2.05) is 22.7 Å². The van der Waals surface area contributed by atoms with Crippen LogP contribution in [0.5, 0.6) is 0 Å². The Morgan fingerprint density at radius 2 is 1.31 bits per heavy atom. The van der Waals surface area contributed by atoms with Crippen molar-refractivity contribution in [3.05, 3.63) is 35.0 Å². The molecule has 0 unspecified atom stereocenters. The summed E-state index contributed by atoms with van der Waals surface area (Å²) in [6.45, 7) is 0. The Morgan fingerprint density at radius 3 is 1.62 bits per heavy atom. The zero-order chi connectivity index (χ0) is 8.23. The van der Waals surface area contributed by atoms with E-state index in [1.54, 1.807) is 7.55 Å². The van der Waals surface area contributed by atoms with Crippen LogP contribution in [-0.4, -0.2) is 26.3 Å². The molecule has 1 radical (unpaired) electrons. The summed E-state index contributed by atoms with van der Waals surface area (Å²) in [5, 5.41) is 4.34. The van der Waals surface area contributed by atoms with Gasteiger partial charge in [-0.05, 0) is 0 Å². The van der Waals surface area contributed by atoms with Gasteiger partial charge in [0.05, 0.1) is 0 Å². The van der Waals surface area contributed by atoms with Gasteiger partial charge in [-0.3, -0.25) is 0 Å². The van der Waals surface area contributed by atoms with Crippen LogP contribution in [0, 0.1) is 0 Å². The first-order chi connectivity index (χ1) is 5.95. The molecule has 0 nitrogen and oxygen atoms in total. The average molecular weight is 388 g/mol. The van der Waals surface area contributed by atoms with Crippen molar-refractivity contribution in [1.82, 2.24) is 0 Å². The van der Waals surface area contributed by atoms with Crippen molar-refractivity contribution in [2.75, 3.05) is 0 Å². The second-order valence-corrected chi connectivity index (χ2v) is 11.3. The number of hydrogen-bond acceptors (Lipinski definition) is 2. The van der Waals surface area contributed by atoms with E-state index in [4.69, 9.17) is 0 Å². The van der Waals surface area contributed by atoms with Crippen molar-refractivity contribution >= 4 is 56.5 Å². The third kappa shape index (κ3) is 3.91. The molecule has 2 aromatic heterocycles. The monoisotopic (exact) mass is 389 g/mol. The maximum atomic E-state index is 2.25. The van der Waals surface area contributed by atoms with E-state index < -0.39 is 0 Å². The van der Waals surface area contributed by atoms with Crippen LogP contribution < -0.4 is 7.55 Å². The fourth-order valence-corrected chi connectivity index (χ4v) is 11.2. The summed E-state index contributed by atoms with van der Waals surface area (Å²) < 4.78 is 3.16. The van der Waals surface area contributed by atoms with E-state index >= 15 is 0 Å². The zero-order valence-electron chi connectivity index (χ0n) is 6.40. The molecule has 0 amide bonds. The number of rotatable bonds is 3. The molecule has 0 saturated heterocycles. The topological polar surface area (TPSA) is 0 Å². The maximum absolute atomic E-state index is 2.25. The molecule has 13 heavy (non-hydrogen) atoms. The molecule has 0 aliphatic carbocycles. The molecule has 2 aromatic rings. The summed E-state index contributed by atoms with van der Waals surface area (Å²) in [7, 11) is 0. The van der Waals surface area contributed by atoms with Gasteiger partial charge in [-0.15, -0.1) is 0 Å². The van der Waals surface area contributed by atoms with Gasteiger partial charge in [0.2, 0.25) is 0 Å². The summed E-state index contributed by atoms with van der Waals surface area (Å²) in [6.07, 6.45) is 0. The van der Waals surface area contributed by atoms with Gasteiger partial charge in [-0.2, -0.15) is 0 Å². The van der Waals surface area contributed by atoms with Crippen LogP contribution >= 0.6 is 22.7 Å². The van der Waals surface area contributed by atoms with Gasteiger partial charge in [0.1, 0.15) is 0 Å². The van der Waals surface area contributed by atoms with Crippen molar-refractivity contribution in [3.63, 3.8) is 0 Å². The van der Waals surface area contributed by atoms with E-state index in [0.29, 0.717) is 26.3 Å². The molecule has 0 bridgehead atoms. The van der Waals surface area contributed by atoms with Crippen LogP contribution in [-0.2, 0) is 17.1 Å². The predicted octanol–water partition coefficient (Wildman–Crippen LogP) is 1.08. The van der Waals surface area contributed by atoms with Crippen molar-refractivity contribution in [2.24, 2.45) is 0 Å². The molecule has 0 atom stereocenters. The Morgan fingerprint density at radius 1 is 0.846 bits per heavy atom. The van der Waals surface area contributed by atoms with E-state index in [1.165, 1.54) is 0 Å². The van der Waals surface area contributed by atoms with E-state index in [0.717, 1.165) is 0 Å². The molecule has 0 N–H and O–H groups in total. The Hall–Kier alpha value is 0.958. The molecule has 73 valence electrons. The van der Waals surface area contributed by atoms with E-state index in [-0.39, 0.29) is 17.1 Å². The van der Waals surface area contributed by atoms with Crippen LogP contribution in [0.25, 0.3) is 0 Å². The predicted molar refractivity (Wildman–Crippen MR) is 59.4 cm³/mol. The standard InChI is InChI=1S/C8H6S2Se2.Cu/c1-3-7(9-5-1)11-12-8-4-2-6-10-8;/h1-6H;. The van der Waals surface area contributed by atoms with Crippen molar-refractivity contribution in [3.8, 4) is 0 Å². The summed E-state index contributed by atoms with van der Waals surface area (Å²) in [5.41, 5.74) is 0. The second-order valence-electron chi connectivity index (χ2n) is 2.03. The summed E-state index contributed by atoms with van der Waals surface area (Å²) >= 11 is 5.21. The zero-order valence-corrected chi connectivity index (χ0v) is 12.4. The molecule has 0 fully saturated rings. The Kier molecular flexibility index (Phi) is 5.96.